The summed E-state index contributed by atoms with van der Waals surface area (Å²) < 4.78 is 5.81. The first kappa shape index (κ1) is 16.3. The molecule has 19 heavy (non-hydrogen) atoms. The number of aliphatic hydroxyl groups is 1. The van der Waals surface area contributed by atoms with Gasteiger partial charge in [0.25, 0.3) is 0 Å². The Morgan fingerprint density at radius 2 is 2.00 bits per heavy atom. The van der Waals surface area contributed by atoms with Crippen molar-refractivity contribution in [3.63, 3.8) is 0 Å². The minimum absolute atomic E-state index is 0.280. The van der Waals surface area contributed by atoms with Gasteiger partial charge in [-0.3, -0.25) is 0 Å². The van der Waals surface area contributed by atoms with E-state index in [0.717, 1.165) is 55.1 Å². The maximum absolute atomic E-state index is 8.70. The highest BCUT2D eigenvalue weighted by molar-refractivity contribution is 6.31. The van der Waals surface area contributed by atoms with Crippen molar-refractivity contribution < 1.29 is 9.84 Å². The summed E-state index contributed by atoms with van der Waals surface area (Å²) in [4.78, 5) is 0. The minimum atomic E-state index is 0.280. The van der Waals surface area contributed by atoms with E-state index in [2.05, 4.69) is 12.2 Å². The van der Waals surface area contributed by atoms with Crippen LogP contribution in [0.3, 0.4) is 0 Å². The summed E-state index contributed by atoms with van der Waals surface area (Å²) in [6.07, 6.45) is 4.03. The van der Waals surface area contributed by atoms with Crippen molar-refractivity contribution in [3.05, 3.63) is 28.8 Å². The van der Waals surface area contributed by atoms with Crippen LogP contribution in [0, 0.1) is 0 Å². The zero-order valence-electron chi connectivity index (χ0n) is 11.6. The molecule has 0 amide bonds. The van der Waals surface area contributed by atoms with Gasteiger partial charge in [0, 0.05) is 23.7 Å². The molecule has 3 nitrogen and oxygen atoms in total. The first-order chi connectivity index (χ1) is 9.29. The average molecular weight is 286 g/mol. The number of unbranched alkanes of at least 4 members (excludes halogenated alkanes) is 3. The monoisotopic (exact) mass is 285 g/mol. The van der Waals surface area contributed by atoms with Crippen molar-refractivity contribution in [2.24, 2.45) is 0 Å². The Balaban J connectivity index is 2.41. The topological polar surface area (TPSA) is 41.5 Å². The molecule has 2 N–H and O–H groups in total. The summed E-state index contributed by atoms with van der Waals surface area (Å²) in [5.41, 5.74) is 1.03. The van der Waals surface area contributed by atoms with E-state index < -0.39 is 0 Å². The molecule has 0 saturated carbocycles. The lowest BCUT2D eigenvalue weighted by Gasteiger charge is -2.13. The lowest BCUT2D eigenvalue weighted by Crippen LogP contribution is -2.13. The summed E-state index contributed by atoms with van der Waals surface area (Å²) in [6.45, 7) is 4.69. The summed E-state index contributed by atoms with van der Waals surface area (Å²) in [7, 11) is 0. The molecule has 0 aliphatic carbocycles. The van der Waals surface area contributed by atoms with Crippen LogP contribution in [-0.2, 0) is 6.54 Å². The van der Waals surface area contributed by atoms with Crippen molar-refractivity contribution in [3.8, 4) is 5.75 Å². The predicted octanol–water partition coefficient (Wildman–Crippen LogP) is 3.38. The summed E-state index contributed by atoms with van der Waals surface area (Å²) in [6, 6.07) is 5.77. The molecule has 0 bridgehead atoms. The fraction of sp³-hybridized carbons (Fsp3) is 0.600. The van der Waals surface area contributed by atoms with Crippen LogP contribution in [0.15, 0.2) is 18.2 Å². The van der Waals surface area contributed by atoms with Gasteiger partial charge < -0.3 is 15.2 Å². The zero-order chi connectivity index (χ0) is 13.9. The summed E-state index contributed by atoms with van der Waals surface area (Å²) >= 11 is 6.20. The maximum atomic E-state index is 8.70. The maximum Gasteiger partial charge on any atom is 0.125 e. The predicted molar refractivity (Wildman–Crippen MR) is 79.9 cm³/mol. The number of aliphatic hydroxyl groups excluding tert-OH is 1. The molecule has 0 unspecified atom stereocenters. The van der Waals surface area contributed by atoms with Crippen LogP contribution in [0.5, 0.6) is 5.75 Å². The van der Waals surface area contributed by atoms with Gasteiger partial charge in [-0.2, -0.15) is 0 Å². The molecule has 0 fully saturated rings. The molecule has 0 spiro atoms. The van der Waals surface area contributed by atoms with E-state index in [1.54, 1.807) is 0 Å². The third-order valence-corrected chi connectivity index (χ3v) is 3.29. The van der Waals surface area contributed by atoms with Crippen LogP contribution in [0.2, 0.25) is 5.02 Å². The molecule has 1 aromatic rings. The molecule has 0 saturated heterocycles. The molecule has 1 aromatic carbocycles. The Morgan fingerprint density at radius 3 is 2.74 bits per heavy atom. The molecular weight excluding hydrogens is 262 g/mol. The molecule has 0 atom stereocenters. The van der Waals surface area contributed by atoms with Crippen molar-refractivity contribution in [1.29, 1.82) is 0 Å². The number of hydrogen-bond donors (Lipinski definition) is 2. The van der Waals surface area contributed by atoms with Crippen molar-refractivity contribution in [2.45, 2.75) is 39.2 Å². The fourth-order valence-electron chi connectivity index (χ4n) is 1.85. The third-order valence-electron chi connectivity index (χ3n) is 2.94. The van der Waals surface area contributed by atoms with E-state index >= 15 is 0 Å². The second kappa shape index (κ2) is 10.1. The van der Waals surface area contributed by atoms with Crippen molar-refractivity contribution in [2.75, 3.05) is 19.8 Å². The minimum Gasteiger partial charge on any atom is -0.493 e. The van der Waals surface area contributed by atoms with E-state index in [9.17, 15) is 0 Å². The quantitative estimate of drug-likeness (QED) is 0.648. The van der Waals surface area contributed by atoms with E-state index in [-0.39, 0.29) is 6.61 Å². The largest absolute Gasteiger partial charge is 0.493 e. The van der Waals surface area contributed by atoms with Crippen LogP contribution in [-0.4, -0.2) is 24.9 Å². The molecule has 1 rings (SSSR count). The molecule has 108 valence electrons. The highest BCUT2D eigenvalue weighted by Gasteiger charge is 2.07. The lowest BCUT2D eigenvalue weighted by atomic mass is 10.2. The van der Waals surface area contributed by atoms with E-state index in [0.29, 0.717) is 6.61 Å². The van der Waals surface area contributed by atoms with Gasteiger partial charge in [-0.15, -0.1) is 0 Å². The fourth-order valence-corrected chi connectivity index (χ4v) is 2.08. The Kier molecular flexibility index (Phi) is 8.63. The van der Waals surface area contributed by atoms with Gasteiger partial charge in [0.1, 0.15) is 5.75 Å². The average Bonchev–Trinajstić information content (AvgIpc) is 2.42. The number of ether oxygens (including phenoxy) is 1. The Labute approximate surface area is 120 Å². The third kappa shape index (κ3) is 6.28. The number of benzene rings is 1. The first-order valence-electron chi connectivity index (χ1n) is 7.01. The van der Waals surface area contributed by atoms with Gasteiger partial charge in [-0.25, -0.2) is 0 Å². The van der Waals surface area contributed by atoms with Crippen LogP contribution in [0.1, 0.15) is 38.2 Å². The van der Waals surface area contributed by atoms with Crippen LogP contribution < -0.4 is 10.1 Å². The molecule has 0 radical (unpaired) electrons. The van der Waals surface area contributed by atoms with Gasteiger partial charge in [-0.1, -0.05) is 31.0 Å². The first-order valence-corrected chi connectivity index (χ1v) is 7.39. The van der Waals surface area contributed by atoms with E-state index in [1.165, 1.54) is 0 Å². The SMILES string of the molecule is CCNCc1c(Cl)cccc1OCCCCCCO. The molecule has 0 aliphatic heterocycles. The molecular formula is C15H24ClNO2. The van der Waals surface area contributed by atoms with Crippen LogP contribution in [0.25, 0.3) is 0 Å². The smallest absolute Gasteiger partial charge is 0.125 e. The Bertz CT molecular complexity index is 358. The van der Waals surface area contributed by atoms with Gasteiger partial charge in [0.15, 0.2) is 0 Å². The molecule has 0 aromatic heterocycles. The number of rotatable bonds is 10. The Hall–Kier alpha value is -0.770. The van der Waals surface area contributed by atoms with Crippen molar-refractivity contribution >= 4 is 11.6 Å². The highest BCUT2D eigenvalue weighted by Crippen LogP contribution is 2.26. The molecule has 0 heterocycles. The lowest BCUT2D eigenvalue weighted by molar-refractivity contribution is 0.272. The van der Waals surface area contributed by atoms with Crippen LogP contribution >= 0.6 is 11.6 Å². The van der Waals surface area contributed by atoms with Gasteiger partial charge >= 0.3 is 0 Å². The summed E-state index contributed by atoms with van der Waals surface area (Å²) in [5.74, 6) is 0.871. The molecule has 4 heteroatoms. The van der Waals surface area contributed by atoms with Gasteiger partial charge in [-0.05, 0) is 37.9 Å². The normalized spacial score (nSPS) is 10.7. The summed E-state index contributed by atoms with van der Waals surface area (Å²) in [5, 5.41) is 12.7. The van der Waals surface area contributed by atoms with Gasteiger partial charge in [0.2, 0.25) is 0 Å². The zero-order valence-corrected chi connectivity index (χ0v) is 12.4. The molecule has 0 aliphatic rings. The van der Waals surface area contributed by atoms with E-state index in [4.69, 9.17) is 21.4 Å². The second-order valence-electron chi connectivity index (χ2n) is 4.48. The number of nitrogens with one attached hydrogen (secondary N) is 1. The van der Waals surface area contributed by atoms with Gasteiger partial charge in [0.05, 0.1) is 6.61 Å². The number of hydrogen-bond acceptors (Lipinski definition) is 3. The Morgan fingerprint density at radius 1 is 1.21 bits per heavy atom. The highest BCUT2D eigenvalue weighted by atomic mass is 35.5. The van der Waals surface area contributed by atoms with E-state index in [1.807, 2.05) is 18.2 Å². The second-order valence-corrected chi connectivity index (χ2v) is 4.89. The number of halogens is 1. The van der Waals surface area contributed by atoms with Crippen molar-refractivity contribution in [1.82, 2.24) is 5.32 Å². The van der Waals surface area contributed by atoms with Crippen LogP contribution in [0.4, 0.5) is 0 Å². The standard InChI is InChI=1S/C15H24ClNO2/c1-2-17-12-13-14(16)8-7-9-15(13)19-11-6-4-3-5-10-18/h7-9,17-18H,2-6,10-12H2,1H3.